The highest BCUT2D eigenvalue weighted by molar-refractivity contribution is 5.28. The van der Waals surface area contributed by atoms with Crippen molar-refractivity contribution in [3.05, 3.63) is 34.0 Å². The fourth-order valence-electron chi connectivity index (χ4n) is 1.90. The first kappa shape index (κ1) is 8.42. The summed E-state index contributed by atoms with van der Waals surface area (Å²) in [6.07, 6.45) is 0. The zero-order valence-electron chi connectivity index (χ0n) is 8.33. The van der Waals surface area contributed by atoms with E-state index < -0.39 is 0 Å². The van der Waals surface area contributed by atoms with Crippen LogP contribution in [0.3, 0.4) is 0 Å². The smallest absolute Gasteiger partial charge is 0.130 e. The molecule has 0 radical (unpaired) electrons. The minimum Gasteiger partial charge on any atom is -0.260 e. The van der Waals surface area contributed by atoms with Gasteiger partial charge in [-0.2, -0.15) is 0 Å². The molecule has 0 saturated carbocycles. The molecule has 2 rings (SSSR count). The van der Waals surface area contributed by atoms with Gasteiger partial charge >= 0.3 is 0 Å². The molecule has 1 aliphatic heterocycles. The quantitative estimate of drug-likeness (QED) is 0.613. The van der Waals surface area contributed by atoms with Gasteiger partial charge in [-0.05, 0) is 30.0 Å². The zero-order chi connectivity index (χ0) is 9.42. The second-order valence-electron chi connectivity index (χ2n) is 3.78. The Bertz CT molecular complexity index is 444. The Hall–Kier alpha value is -1.18. The van der Waals surface area contributed by atoms with Gasteiger partial charge in [0.05, 0.1) is 10.7 Å². The molecule has 0 spiro atoms. The summed E-state index contributed by atoms with van der Waals surface area (Å²) >= 11 is 0. The summed E-state index contributed by atoms with van der Waals surface area (Å²) in [7, 11) is 0. The third kappa shape index (κ3) is 1.26. The average Bonchev–Trinajstić information content (AvgIpc) is 2.50. The van der Waals surface area contributed by atoms with Crippen molar-refractivity contribution in [2.75, 3.05) is 6.67 Å². The van der Waals surface area contributed by atoms with Crippen molar-refractivity contribution in [2.24, 2.45) is 9.98 Å². The Morgan fingerprint density at radius 3 is 2.69 bits per heavy atom. The SMILES string of the molecule is Cc1ccc2c(c1C(C)C)=NCN=2. The van der Waals surface area contributed by atoms with Gasteiger partial charge < -0.3 is 0 Å². The maximum Gasteiger partial charge on any atom is 0.130 e. The summed E-state index contributed by atoms with van der Waals surface area (Å²) in [4.78, 5) is 8.73. The van der Waals surface area contributed by atoms with E-state index in [1.54, 1.807) is 0 Å². The van der Waals surface area contributed by atoms with Crippen molar-refractivity contribution < 1.29 is 0 Å². The van der Waals surface area contributed by atoms with Crippen LogP contribution in [0.25, 0.3) is 0 Å². The van der Waals surface area contributed by atoms with Crippen molar-refractivity contribution in [3.8, 4) is 0 Å². The highest BCUT2D eigenvalue weighted by atomic mass is 15.0. The third-order valence-corrected chi connectivity index (χ3v) is 2.46. The Labute approximate surface area is 78.0 Å². The lowest BCUT2D eigenvalue weighted by atomic mass is 9.97. The van der Waals surface area contributed by atoms with Gasteiger partial charge in [0.15, 0.2) is 0 Å². The second kappa shape index (κ2) is 2.95. The lowest BCUT2D eigenvalue weighted by molar-refractivity contribution is 0.837. The first-order chi connectivity index (χ1) is 6.20. The minimum atomic E-state index is 0.534. The highest BCUT2D eigenvalue weighted by Crippen LogP contribution is 2.13. The maximum atomic E-state index is 4.41. The van der Waals surface area contributed by atoms with Crippen molar-refractivity contribution in [2.45, 2.75) is 26.7 Å². The van der Waals surface area contributed by atoms with E-state index in [4.69, 9.17) is 0 Å². The fraction of sp³-hybridized carbons (Fsp3) is 0.455. The van der Waals surface area contributed by atoms with E-state index in [-0.39, 0.29) is 0 Å². The van der Waals surface area contributed by atoms with Crippen LogP contribution in [0.4, 0.5) is 0 Å². The molecule has 2 nitrogen and oxygen atoms in total. The number of hydrogen-bond donors (Lipinski definition) is 0. The van der Waals surface area contributed by atoms with Gasteiger partial charge in [0.25, 0.3) is 0 Å². The Morgan fingerprint density at radius 2 is 2.00 bits per heavy atom. The molecule has 68 valence electrons. The molecule has 2 heteroatoms. The Morgan fingerprint density at radius 1 is 1.23 bits per heavy atom. The van der Waals surface area contributed by atoms with Gasteiger partial charge in [0.1, 0.15) is 6.67 Å². The Kier molecular flexibility index (Phi) is 1.91. The van der Waals surface area contributed by atoms with Gasteiger partial charge in [0, 0.05) is 0 Å². The standard InChI is InChI=1S/C11H14N2/c1-7(2)10-8(3)4-5-9-11(10)13-6-12-9/h4-5,7H,6H2,1-3H3. The first-order valence-corrected chi connectivity index (χ1v) is 4.68. The van der Waals surface area contributed by atoms with Crippen LogP contribution in [0, 0.1) is 6.92 Å². The van der Waals surface area contributed by atoms with E-state index in [0.717, 1.165) is 10.7 Å². The van der Waals surface area contributed by atoms with Crippen molar-refractivity contribution in [1.82, 2.24) is 0 Å². The molecule has 0 saturated heterocycles. The molecule has 0 amide bonds. The van der Waals surface area contributed by atoms with Crippen LogP contribution < -0.4 is 10.7 Å². The molecule has 1 aliphatic rings. The molecule has 1 aromatic carbocycles. The molecule has 0 unspecified atom stereocenters. The van der Waals surface area contributed by atoms with E-state index in [9.17, 15) is 0 Å². The molecule has 0 N–H and O–H groups in total. The molecule has 0 aliphatic carbocycles. The predicted octanol–water partition coefficient (Wildman–Crippen LogP) is 1.33. The molecule has 1 aromatic rings. The molecular weight excluding hydrogens is 160 g/mol. The van der Waals surface area contributed by atoms with E-state index in [2.05, 4.69) is 42.9 Å². The van der Waals surface area contributed by atoms with Gasteiger partial charge in [0.2, 0.25) is 0 Å². The average molecular weight is 174 g/mol. The highest BCUT2D eigenvalue weighted by Gasteiger charge is 2.09. The van der Waals surface area contributed by atoms with Crippen LogP contribution in [0.15, 0.2) is 22.1 Å². The third-order valence-electron chi connectivity index (χ3n) is 2.46. The number of fused-ring (bicyclic) bond motifs is 1. The number of nitrogens with zero attached hydrogens (tertiary/aromatic N) is 2. The molecule has 13 heavy (non-hydrogen) atoms. The lowest BCUT2D eigenvalue weighted by Gasteiger charge is -2.08. The molecule has 0 aromatic heterocycles. The van der Waals surface area contributed by atoms with Crippen molar-refractivity contribution >= 4 is 0 Å². The molecular formula is C11H14N2. The minimum absolute atomic E-state index is 0.534. The summed E-state index contributed by atoms with van der Waals surface area (Å²) in [5.41, 5.74) is 2.69. The van der Waals surface area contributed by atoms with E-state index >= 15 is 0 Å². The van der Waals surface area contributed by atoms with Crippen LogP contribution >= 0.6 is 0 Å². The summed E-state index contributed by atoms with van der Waals surface area (Å²) in [5.74, 6) is 0.534. The predicted molar refractivity (Wildman–Crippen MR) is 52.4 cm³/mol. The monoisotopic (exact) mass is 174 g/mol. The number of rotatable bonds is 1. The van der Waals surface area contributed by atoms with Crippen LogP contribution in [0.2, 0.25) is 0 Å². The maximum absolute atomic E-state index is 4.41. The van der Waals surface area contributed by atoms with Gasteiger partial charge in [-0.25, -0.2) is 0 Å². The fourth-order valence-corrected chi connectivity index (χ4v) is 1.90. The van der Waals surface area contributed by atoms with Gasteiger partial charge in [-0.1, -0.05) is 19.9 Å². The second-order valence-corrected chi connectivity index (χ2v) is 3.78. The van der Waals surface area contributed by atoms with E-state index in [0.29, 0.717) is 12.6 Å². The van der Waals surface area contributed by atoms with Crippen molar-refractivity contribution in [1.29, 1.82) is 0 Å². The lowest BCUT2D eigenvalue weighted by Crippen LogP contribution is -2.27. The summed E-state index contributed by atoms with van der Waals surface area (Å²) < 4.78 is 0. The topological polar surface area (TPSA) is 24.7 Å². The van der Waals surface area contributed by atoms with Crippen LogP contribution in [0.1, 0.15) is 30.9 Å². The first-order valence-electron chi connectivity index (χ1n) is 4.68. The van der Waals surface area contributed by atoms with E-state index in [1.807, 2.05) is 0 Å². The molecule has 0 fully saturated rings. The summed E-state index contributed by atoms with van der Waals surface area (Å²) in [5, 5.41) is 2.18. The number of hydrogen-bond acceptors (Lipinski definition) is 2. The van der Waals surface area contributed by atoms with E-state index in [1.165, 1.54) is 11.1 Å². The summed E-state index contributed by atoms with van der Waals surface area (Å²) in [6.45, 7) is 7.16. The normalized spacial score (nSPS) is 13.8. The Balaban J connectivity index is 2.82. The van der Waals surface area contributed by atoms with Gasteiger partial charge in [-0.15, -0.1) is 0 Å². The van der Waals surface area contributed by atoms with Crippen LogP contribution in [0.5, 0.6) is 0 Å². The molecule has 0 bridgehead atoms. The van der Waals surface area contributed by atoms with Crippen LogP contribution in [-0.2, 0) is 0 Å². The molecule has 1 heterocycles. The van der Waals surface area contributed by atoms with Gasteiger partial charge in [-0.3, -0.25) is 9.98 Å². The van der Waals surface area contributed by atoms with Crippen LogP contribution in [-0.4, -0.2) is 6.67 Å². The zero-order valence-corrected chi connectivity index (χ0v) is 8.33. The molecule has 0 atom stereocenters. The van der Waals surface area contributed by atoms with Crippen molar-refractivity contribution in [3.63, 3.8) is 0 Å². The number of benzene rings is 1. The largest absolute Gasteiger partial charge is 0.260 e. The number of aryl methyl sites for hydroxylation is 1. The summed E-state index contributed by atoms with van der Waals surface area (Å²) in [6, 6.07) is 4.20.